The van der Waals surface area contributed by atoms with Crippen molar-refractivity contribution in [3.8, 4) is 11.3 Å². The van der Waals surface area contributed by atoms with E-state index in [9.17, 15) is 4.79 Å². The van der Waals surface area contributed by atoms with Crippen molar-refractivity contribution >= 4 is 45.7 Å². The number of halogens is 2. The van der Waals surface area contributed by atoms with Gasteiger partial charge in [0.2, 0.25) is 5.91 Å². The number of hydrogen-bond acceptors (Lipinski definition) is 5. The molecule has 2 aromatic heterocycles. The fourth-order valence-corrected chi connectivity index (χ4v) is 6.88. The fourth-order valence-electron chi connectivity index (χ4n) is 6.31. The average molecular weight is 548 g/mol. The molecule has 1 N–H and O–H groups in total. The van der Waals surface area contributed by atoms with Crippen LogP contribution in [0.4, 0.5) is 5.69 Å². The molecule has 1 amide bonds. The summed E-state index contributed by atoms with van der Waals surface area (Å²) in [5.74, 6) is 2.04. The molecule has 0 radical (unpaired) electrons. The molecule has 4 aromatic rings. The molecule has 4 saturated carbocycles. The van der Waals surface area contributed by atoms with Gasteiger partial charge in [-0.25, -0.2) is 0 Å². The van der Waals surface area contributed by atoms with Gasteiger partial charge in [0.05, 0.1) is 40.2 Å². The maximum atomic E-state index is 13.2. The maximum Gasteiger partial charge on any atom is 0.228 e. The molecule has 194 valence electrons. The zero-order valence-electron chi connectivity index (χ0n) is 20.7. The molecule has 6 nitrogen and oxygen atoms in total. The minimum absolute atomic E-state index is 0.0245. The number of fused-ring (bicyclic) bond motifs is 3. The molecule has 2 heterocycles. The fraction of sp³-hybridized carbons (Fsp3) is 0.367. The van der Waals surface area contributed by atoms with Gasteiger partial charge in [0.1, 0.15) is 11.5 Å². The van der Waals surface area contributed by atoms with Gasteiger partial charge in [-0.05, 0) is 68.2 Å². The lowest BCUT2D eigenvalue weighted by Gasteiger charge is -2.51. The summed E-state index contributed by atoms with van der Waals surface area (Å²) in [5.41, 5.74) is 3.97. The van der Waals surface area contributed by atoms with Gasteiger partial charge in [-0.1, -0.05) is 52.6 Å². The first-order chi connectivity index (χ1) is 18.5. The third kappa shape index (κ3) is 4.39. The normalized spacial score (nSPS) is 24.3. The molecule has 38 heavy (non-hydrogen) atoms. The van der Waals surface area contributed by atoms with E-state index in [2.05, 4.69) is 15.5 Å². The summed E-state index contributed by atoms with van der Waals surface area (Å²) in [7, 11) is 0. The number of nitrogens with zero attached hydrogens (tertiary/aromatic N) is 2. The van der Waals surface area contributed by atoms with Crippen LogP contribution < -0.4 is 5.32 Å². The molecule has 2 aromatic carbocycles. The topological polar surface area (TPSA) is 77.2 Å². The summed E-state index contributed by atoms with van der Waals surface area (Å²) in [5, 5.41) is 9.59. The molecular formula is C30H27Cl2N3O3. The van der Waals surface area contributed by atoms with E-state index in [4.69, 9.17) is 32.5 Å². The van der Waals surface area contributed by atoms with Gasteiger partial charge in [0, 0.05) is 28.3 Å². The van der Waals surface area contributed by atoms with E-state index in [1.807, 2.05) is 48.5 Å². The number of amides is 1. The lowest BCUT2D eigenvalue weighted by Crippen LogP contribution is -2.51. The number of carbonyl (C=O) groups excluding carboxylic acids is 1. The first kappa shape index (κ1) is 24.1. The summed E-state index contributed by atoms with van der Waals surface area (Å²) < 4.78 is 12.2. The molecular weight excluding hydrogens is 521 g/mol. The minimum atomic E-state index is 0.0245. The van der Waals surface area contributed by atoms with Crippen molar-refractivity contribution in [1.82, 2.24) is 10.1 Å². The molecule has 8 heteroatoms. The van der Waals surface area contributed by atoms with Crippen molar-refractivity contribution < 1.29 is 14.1 Å². The summed E-state index contributed by atoms with van der Waals surface area (Å²) in [6.07, 6.45) is 6.84. The van der Waals surface area contributed by atoms with Crippen molar-refractivity contribution in [2.24, 2.45) is 17.8 Å². The van der Waals surface area contributed by atoms with E-state index in [0.29, 0.717) is 45.7 Å². The van der Waals surface area contributed by atoms with Crippen LogP contribution in [-0.2, 0) is 16.1 Å². The molecule has 4 aliphatic carbocycles. The van der Waals surface area contributed by atoms with Gasteiger partial charge >= 0.3 is 0 Å². The van der Waals surface area contributed by atoms with Crippen LogP contribution in [0.3, 0.4) is 0 Å². The van der Waals surface area contributed by atoms with E-state index in [0.717, 1.165) is 60.0 Å². The van der Waals surface area contributed by atoms with Gasteiger partial charge in [-0.2, -0.15) is 0 Å². The number of carbonyl (C=O) groups is 1. The number of ether oxygens (including phenoxy) is 1. The van der Waals surface area contributed by atoms with Crippen molar-refractivity contribution in [2.45, 2.75) is 50.7 Å². The van der Waals surface area contributed by atoms with Gasteiger partial charge in [-0.3, -0.25) is 9.78 Å². The Labute approximate surface area is 230 Å². The van der Waals surface area contributed by atoms with Crippen LogP contribution in [0.2, 0.25) is 10.0 Å². The molecule has 4 fully saturated rings. The van der Waals surface area contributed by atoms with Crippen LogP contribution in [0, 0.1) is 17.8 Å². The Morgan fingerprint density at radius 3 is 2.55 bits per heavy atom. The lowest BCUT2D eigenvalue weighted by atomic mass is 9.56. The Balaban J connectivity index is 1.02. The number of para-hydroxylation sites is 1. The number of hydrogen-bond donors (Lipinski definition) is 1. The predicted octanol–water partition coefficient (Wildman–Crippen LogP) is 7.64. The van der Waals surface area contributed by atoms with Crippen LogP contribution in [0.25, 0.3) is 22.2 Å². The van der Waals surface area contributed by atoms with E-state index in [1.165, 1.54) is 0 Å². The Hall–Kier alpha value is -2.93. The number of pyridine rings is 1. The molecule has 2 bridgehead atoms. The zero-order chi connectivity index (χ0) is 25.8. The molecule has 8 rings (SSSR count). The van der Waals surface area contributed by atoms with Crippen molar-refractivity contribution in [3.63, 3.8) is 0 Å². The van der Waals surface area contributed by atoms with Crippen molar-refractivity contribution in [3.05, 3.63) is 76.1 Å². The molecule has 2 atom stereocenters. The first-order valence-corrected chi connectivity index (χ1v) is 14.0. The Kier molecular flexibility index (Phi) is 6.14. The highest BCUT2D eigenvalue weighted by atomic mass is 35.5. The SMILES string of the molecule is O=C(Nc1cnc2ccccc2c1)C1C2CC(OCc3c(-c4c(Cl)cccc4Cl)noc3C3CC3)CC1C2. The number of nitrogens with one attached hydrogen (secondary N) is 1. The number of benzene rings is 2. The predicted molar refractivity (Wildman–Crippen MR) is 147 cm³/mol. The highest BCUT2D eigenvalue weighted by Gasteiger charge is 2.51. The Morgan fingerprint density at radius 2 is 1.79 bits per heavy atom. The molecule has 0 saturated heterocycles. The van der Waals surface area contributed by atoms with Crippen molar-refractivity contribution in [1.29, 1.82) is 0 Å². The number of rotatable bonds is 7. The van der Waals surface area contributed by atoms with Crippen LogP contribution >= 0.6 is 23.2 Å². The van der Waals surface area contributed by atoms with Gasteiger partial charge in [0.15, 0.2) is 0 Å². The summed E-state index contributed by atoms with van der Waals surface area (Å²) in [6.45, 7) is 0.399. The lowest BCUT2D eigenvalue weighted by molar-refractivity contribution is -0.142. The Bertz CT molecular complexity index is 1500. The van der Waals surface area contributed by atoms with E-state index in [1.54, 1.807) is 6.20 Å². The quantitative estimate of drug-likeness (QED) is 0.257. The maximum absolute atomic E-state index is 13.2. The summed E-state index contributed by atoms with van der Waals surface area (Å²) in [6, 6.07) is 15.3. The molecule has 2 unspecified atom stereocenters. The Morgan fingerprint density at radius 1 is 1.03 bits per heavy atom. The first-order valence-electron chi connectivity index (χ1n) is 13.2. The largest absolute Gasteiger partial charge is 0.373 e. The third-order valence-corrected chi connectivity index (χ3v) is 8.97. The summed E-state index contributed by atoms with van der Waals surface area (Å²) in [4.78, 5) is 17.6. The number of aromatic nitrogens is 2. The molecule has 4 aliphatic rings. The second-order valence-electron chi connectivity index (χ2n) is 10.8. The standard InChI is InChI=1S/C30H27Cl2N3O3/c31-23-5-3-6-24(32)27(23)28-22(29(38-35-28)16-8-9-16)15-37-21-12-18-10-19(13-21)26(18)30(36)34-20-11-17-4-1-2-7-25(17)33-14-20/h1-7,11,14,16,18-19,21,26H,8-10,12-13,15H2,(H,34,36). The minimum Gasteiger partial charge on any atom is -0.373 e. The van der Waals surface area contributed by atoms with Crippen LogP contribution in [0.5, 0.6) is 0 Å². The third-order valence-electron chi connectivity index (χ3n) is 8.34. The van der Waals surface area contributed by atoms with Crippen molar-refractivity contribution in [2.75, 3.05) is 5.32 Å². The molecule has 0 spiro atoms. The van der Waals surface area contributed by atoms with Crippen LogP contribution in [0.1, 0.15) is 49.3 Å². The van der Waals surface area contributed by atoms with Gasteiger partial charge < -0.3 is 14.6 Å². The zero-order valence-corrected chi connectivity index (χ0v) is 22.2. The monoisotopic (exact) mass is 547 g/mol. The van der Waals surface area contributed by atoms with Gasteiger partial charge in [0.25, 0.3) is 0 Å². The van der Waals surface area contributed by atoms with E-state index < -0.39 is 0 Å². The van der Waals surface area contributed by atoms with Crippen LogP contribution in [0.15, 0.2) is 59.3 Å². The smallest absolute Gasteiger partial charge is 0.228 e. The average Bonchev–Trinajstić information content (AvgIpc) is 3.67. The van der Waals surface area contributed by atoms with E-state index in [-0.39, 0.29) is 17.9 Å². The summed E-state index contributed by atoms with van der Waals surface area (Å²) >= 11 is 13.0. The van der Waals surface area contributed by atoms with Gasteiger partial charge in [-0.15, -0.1) is 0 Å². The number of anilines is 1. The second-order valence-corrected chi connectivity index (χ2v) is 11.7. The second kappa shape index (κ2) is 9.67. The molecule has 0 aliphatic heterocycles. The highest BCUT2D eigenvalue weighted by Crippen LogP contribution is 2.52. The van der Waals surface area contributed by atoms with Crippen LogP contribution in [-0.4, -0.2) is 22.2 Å². The van der Waals surface area contributed by atoms with E-state index >= 15 is 0 Å². The highest BCUT2D eigenvalue weighted by molar-refractivity contribution is 6.39.